The van der Waals surface area contributed by atoms with Crippen molar-refractivity contribution in [2.45, 2.75) is 34.3 Å². The van der Waals surface area contributed by atoms with Crippen LogP contribution in [0.1, 0.15) is 37.6 Å². The number of halogens is 3. The van der Waals surface area contributed by atoms with Gasteiger partial charge in [-0.05, 0) is 13.0 Å². The molecule has 0 fully saturated rings. The van der Waals surface area contributed by atoms with Gasteiger partial charge in [-0.1, -0.05) is 44.8 Å². The zero-order valence-corrected chi connectivity index (χ0v) is 20.7. The van der Waals surface area contributed by atoms with Crippen LogP contribution in [0.15, 0.2) is 42.1 Å². The first-order valence-corrected chi connectivity index (χ1v) is 8.84. The number of hydrogen-bond donors (Lipinski definition) is 1. The predicted molar refractivity (Wildman–Crippen MR) is 107 cm³/mol. The van der Waals surface area contributed by atoms with Crippen LogP contribution in [0.4, 0.5) is 8.78 Å². The Kier molecular flexibility index (Phi) is 16.3. The molecule has 3 N–H and O–H groups in total. The molecule has 0 aromatic carbocycles. The number of carbonyl (C=O) groups excluding carboxylic acids is 1. The molecule has 0 bridgehead atoms. The Balaban J connectivity index is 0. The summed E-state index contributed by atoms with van der Waals surface area (Å²) in [6.45, 7) is 7.15. The average molecular weight is 516 g/mol. The zero-order valence-electron chi connectivity index (χ0n) is 17.1. The smallest absolute Gasteiger partial charge is 0.211 e. The van der Waals surface area contributed by atoms with Crippen LogP contribution in [0, 0.1) is 24.8 Å². The zero-order chi connectivity index (χ0) is 21.1. The van der Waals surface area contributed by atoms with Gasteiger partial charge in [0, 0.05) is 49.5 Å². The number of pyridine rings is 2. The minimum absolute atomic E-state index is 0. The number of hydrogen-bond acceptors (Lipinski definition) is 4. The largest absolute Gasteiger partial charge is 0.487 e. The summed E-state index contributed by atoms with van der Waals surface area (Å²) in [5, 5.41) is 2.68. The van der Waals surface area contributed by atoms with E-state index in [1.165, 1.54) is 6.08 Å². The first kappa shape index (κ1) is 30.5. The number of allylic oxidation sites excluding steroid dienone is 2. The van der Waals surface area contributed by atoms with Crippen molar-refractivity contribution < 1.29 is 56.5 Å². The van der Waals surface area contributed by atoms with E-state index >= 15 is 0 Å². The van der Waals surface area contributed by atoms with E-state index in [9.17, 15) is 13.6 Å². The Morgan fingerprint density at radius 1 is 1.33 bits per heavy atom. The molecule has 0 aliphatic carbocycles. The summed E-state index contributed by atoms with van der Waals surface area (Å²) in [6.07, 6.45) is 7.14. The molecule has 6 nitrogen and oxygen atoms in total. The van der Waals surface area contributed by atoms with E-state index in [-0.39, 0.29) is 61.3 Å². The molecular formula is C20H23ClF2N3O3Y-. The van der Waals surface area contributed by atoms with Gasteiger partial charge < -0.3 is 20.5 Å². The van der Waals surface area contributed by atoms with E-state index in [0.717, 1.165) is 11.8 Å². The number of carbonyl (C=O) groups is 1. The average Bonchev–Trinajstić information content (AvgIpc) is 2.68. The number of rotatable bonds is 7. The Hall–Kier alpha value is -1.74. The first-order chi connectivity index (χ1) is 13.4. The van der Waals surface area contributed by atoms with Crippen LogP contribution in [0.5, 0.6) is 0 Å². The molecule has 2 aromatic rings. The van der Waals surface area contributed by atoms with Gasteiger partial charge in [0.05, 0.1) is 6.20 Å². The Morgan fingerprint density at radius 3 is 2.57 bits per heavy atom. The summed E-state index contributed by atoms with van der Waals surface area (Å²) in [7, 11) is 0. The van der Waals surface area contributed by atoms with Gasteiger partial charge >= 0.3 is 0 Å². The summed E-state index contributed by atoms with van der Waals surface area (Å²) in [4.78, 5) is 18.1. The van der Waals surface area contributed by atoms with Crippen molar-refractivity contribution in [2.24, 2.45) is 0 Å². The SMILES string of the molecule is C/C(=C/C(OCc1ncc(F)cc1F)=C(/Cl)c1c[c-]ncc1C)NC=O.CC.O.[Y]. The van der Waals surface area contributed by atoms with Gasteiger partial charge in [0.1, 0.15) is 23.9 Å². The quantitative estimate of drug-likeness (QED) is 0.262. The molecular weight excluding hydrogens is 493 g/mol. The molecule has 2 heterocycles. The maximum Gasteiger partial charge on any atom is 0.211 e. The van der Waals surface area contributed by atoms with Crippen LogP contribution in [-0.2, 0) is 48.8 Å². The summed E-state index contributed by atoms with van der Waals surface area (Å²) in [6, 6.07) is 2.29. The minimum atomic E-state index is -0.833. The number of nitrogens with zero attached hydrogens (tertiary/aromatic N) is 2. The van der Waals surface area contributed by atoms with Gasteiger partial charge in [-0.15, -0.1) is 17.2 Å². The van der Waals surface area contributed by atoms with Gasteiger partial charge in [0.15, 0.2) is 5.82 Å². The first-order valence-electron chi connectivity index (χ1n) is 8.46. The molecule has 0 aliphatic rings. The minimum Gasteiger partial charge on any atom is -0.487 e. The van der Waals surface area contributed by atoms with Gasteiger partial charge in [-0.25, -0.2) is 8.78 Å². The summed E-state index contributed by atoms with van der Waals surface area (Å²) in [5.74, 6) is -1.44. The molecule has 2 rings (SSSR count). The molecule has 0 spiro atoms. The topological polar surface area (TPSA) is 95.6 Å². The molecule has 0 unspecified atom stereocenters. The maximum atomic E-state index is 13.8. The summed E-state index contributed by atoms with van der Waals surface area (Å²) < 4.78 is 32.3. The number of nitrogens with one attached hydrogen (secondary N) is 1. The van der Waals surface area contributed by atoms with Crippen molar-refractivity contribution in [1.29, 1.82) is 0 Å². The Bertz CT molecular complexity index is 880. The predicted octanol–water partition coefficient (Wildman–Crippen LogP) is 3.84. The van der Waals surface area contributed by atoms with E-state index in [4.69, 9.17) is 16.3 Å². The molecule has 0 saturated heterocycles. The van der Waals surface area contributed by atoms with E-state index in [2.05, 4.69) is 21.5 Å². The molecule has 161 valence electrons. The Morgan fingerprint density at radius 2 is 2.00 bits per heavy atom. The molecule has 1 radical (unpaired) electrons. The van der Waals surface area contributed by atoms with Crippen LogP contribution in [0.25, 0.3) is 5.03 Å². The van der Waals surface area contributed by atoms with Crippen LogP contribution in [0.3, 0.4) is 0 Å². The van der Waals surface area contributed by atoms with Crippen molar-refractivity contribution in [1.82, 2.24) is 15.3 Å². The summed E-state index contributed by atoms with van der Waals surface area (Å²) in [5.41, 5.74) is 1.76. The molecule has 0 saturated carbocycles. The van der Waals surface area contributed by atoms with Crippen molar-refractivity contribution >= 4 is 23.0 Å². The number of aryl methyl sites for hydroxylation is 1. The van der Waals surface area contributed by atoms with E-state index < -0.39 is 11.6 Å². The maximum absolute atomic E-state index is 13.8. The molecule has 1 amide bonds. The number of aromatic nitrogens is 2. The van der Waals surface area contributed by atoms with Gasteiger partial charge in [-0.3, -0.25) is 9.78 Å². The van der Waals surface area contributed by atoms with Gasteiger partial charge in [-0.2, -0.15) is 0 Å². The Labute approximate surface area is 205 Å². The van der Waals surface area contributed by atoms with Crippen LogP contribution >= 0.6 is 11.6 Å². The second-order valence-electron chi connectivity index (χ2n) is 5.27. The fourth-order valence-electron chi connectivity index (χ4n) is 1.98. The second kappa shape index (κ2) is 16.0. The monoisotopic (exact) mass is 515 g/mol. The van der Waals surface area contributed by atoms with E-state index in [0.29, 0.717) is 23.7 Å². The molecule has 30 heavy (non-hydrogen) atoms. The van der Waals surface area contributed by atoms with Gasteiger partial charge in [0.2, 0.25) is 6.41 Å². The van der Waals surface area contributed by atoms with Crippen LogP contribution < -0.4 is 5.32 Å². The summed E-state index contributed by atoms with van der Waals surface area (Å²) >= 11 is 6.43. The van der Waals surface area contributed by atoms with E-state index in [1.54, 1.807) is 26.1 Å². The van der Waals surface area contributed by atoms with Crippen molar-refractivity contribution in [3.8, 4) is 0 Å². The standard InChI is InChI=1S/C18H15ClF2N3O2.C2H6.H2O.Y/c1-11-7-22-4-3-14(11)18(19)17(5-12(2)24-10-25)26-9-16-15(21)6-13(20)8-23-16;1-2;;/h3,5-8,10H,9H2,1-2H3,(H,24,25);1-2H3;1H2;/q-1;;;/b12-5-,18-17-;;;. The van der Waals surface area contributed by atoms with Gasteiger partial charge in [0.25, 0.3) is 0 Å². The number of ether oxygens (including phenoxy) is 1. The number of amides is 1. The van der Waals surface area contributed by atoms with E-state index in [1.807, 2.05) is 13.8 Å². The molecule has 0 aliphatic heterocycles. The third-order valence-corrected chi connectivity index (χ3v) is 3.69. The van der Waals surface area contributed by atoms with Crippen LogP contribution in [0.2, 0.25) is 0 Å². The molecule has 2 aromatic heterocycles. The third kappa shape index (κ3) is 9.38. The third-order valence-electron chi connectivity index (χ3n) is 3.30. The van der Waals surface area contributed by atoms with Crippen molar-refractivity contribution in [3.63, 3.8) is 0 Å². The molecule has 10 heteroatoms. The molecule has 0 atom stereocenters. The second-order valence-corrected chi connectivity index (χ2v) is 5.64. The fraction of sp³-hybridized carbons (Fsp3) is 0.250. The van der Waals surface area contributed by atoms with Crippen molar-refractivity contribution in [3.05, 3.63) is 76.7 Å². The van der Waals surface area contributed by atoms with Crippen molar-refractivity contribution in [2.75, 3.05) is 0 Å². The normalized spacial score (nSPS) is 11.0. The fourth-order valence-corrected chi connectivity index (χ4v) is 2.30. The van der Waals surface area contributed by atoms with Crippen LogP contribution in [-0.4, -0.2) is 21.9 Å².